The lowest BCUT2D eigenvalue weighted by Gasteiger charge is -2.36. The van der Waals surface area contributed by atoms with Crippen molar-refractivity contribution in [1.29, 1.82) is 0 Å². The monoisotopic (exact) mass is 320 g/mol. The molecule has 2 unspecified atom stereocenters. The lowest BCUT2D eigenvalue weighted by atomic mass is 9.96. The van der Waals surface area contributed by atoms with Gasteiger partial charge in [-0.3, -0.25) is 0 Å². The van der Waals surface area contributed by atoms with Crippen molar-refractivity contribution in [1.82, 2.24) is 4.31 Å². The zero-order chi connectivity index (χ0) is 14.9. The van der Waals surface area contributed by atoms with Crippen LogP contribution in [0, 0.1) is 11.7 Å². The minimum atomic E-state index is -3.80. The lowest BCUT2D eigenvalue weighted by molar-refractivity contribution is 0.211. The van der Waals surface area contributed by atoms with Crippen molar-refractivity contribution >= 4 is 21.6 Å². The summed E-state index contributed by atoms with van der Waals surface area (Å²) in [5.74, 6) is -0.485. The molecule has 0 aromatic heterocycles. The molecule has 1 heterocycles. The Labute approximate surface area is 123 Å². The van der Waals surface area contributed by atoms with Gasteiger partial charge in [-0.25, -0.2) is 12.8 Å². The second kappa shape index (κ2) is 5.97. The van der Waals surface area contributed by atoms with Gasteiger partial charge < -0.3 is 5.73 Å². The number of hydrogen-bond donors (Lipinski definition) is 1. The molecule has 0 saturated carbocycles. The quantitative estimate of drug-likeness (QED) is 0.929. The van der Waals surface area contributed by atoms with Crippen LogP contribution in [-0.2, 0) is 10.0 Å². The Kier molecular flexibility index (Phi) is 4.69. The molecule has 20 heavy (non-hydrogen) atoms. The average Bonchev–Trinajstić information content (AvgIpc) is 2.41. The van der Waals surface area contributed by atoms with Crippen molar-refractivity contribution in [2.45, 2.75) is 30.7 Å². The van der Waals surface area contributed by atoms with E-state index in [1.165, 1.54) is 10.4 Å². The molecule has 1 aliphatic rings. The highest BCUT2D eigenvalue weighted by molar-refractivity contribution is 7.89. The fraction of sp³-hybridized carbons (Fsp3) is 0.538. The first kappa shape index (κ1) is 15.7. The van der Waals surface area contributed by atoms with E-state index in [-0.39, 0.29) is 21.9 Å². The number of nitrogens with two attached hydrogens (primary N) is 1. The molecule has 0 aliphatic carbocycles. The maximum atomic E-state index is 13.3. The Balaban J connectivity index is 2.40. The number of halogens is 2. The van der Waals surface area contributed by atoms with Gasteiger partial charge in [0, 0.05) is 12.6 Å². The first-order valence-electron chi connectivity index (χ1n) is 6.53. The molecule has 1 aliphatic heterocycles. The molecule has 0 radical (unpaired) electrons. The maximum Gasteiger partial charge on any atom is 0.244 e. The molecule has 0 amide bonds. The molecule has 2 N–H and O–H groups in total. The number of benzene rings is 1. The molecule has 7 heteroatoms. The van der Waals surface area contributed by atoms with E-state index in [4.69, 9.17) is 17.3 Å². The first-order chi connectivity index (χ1) is 9.36. The number of rotatable bonds is 3. The van der Waals surface area contributed by atoms with Crippen molar-refractivity contribution in [3.63, 3.8) is 0 Å². The number of sulfonamides is 1. The highest BCUT2D eigenvalue weighted by atomic mass is 35.5. The van der Waals surface area contributed by atoms with Crippen LogP contribution >= 0.6 is 11.6 Å². The summed E-state index contributed by atoms with van der Waals surface area (Å²) in [4.78, 5) is -0.177. The average molecular weight is 321 g/mol. The molecule has 1 aromatic rings. The van der Waals surface area contributed by atoms with Crippen LogP contribution in [0.15, 0.2) is 23.1 Å². The fourth-order valence-electron chi connectivity index (χ4n) is 2.48. The Morgan fingerprint density at radius 3 is 2.80 bits per heavy atom. The third kappa shape index (κ3) is 2.98. The maximum absolute atomic E-state index is 13.3. The van der Waals surface area contributed by atoms with Crippen LogP contribution < -0.4 is 5.73 Å². The third-order valence-corrected chi connectivity index (χ3v) is 6.20. The van der Waals surface area contributed by atoms with Crippen molar-refractivity contribution in [2.24, 2.45) is 11.7 Å². The second-order valence-electron chi connectivity index (χ2n) is 5.18. The summed E-state index contributed by atoms with van der Waals surface area (Å²) in [6.45, 7) is 2.64. The van der Waals surface area contributed by atoms with Gasteiger partial charge in [0.15, 0.2) is 0 Å². The highest BCUT2D eigenvalue weighted by Crippen LogP contribution is 2.31. The normalized spacial score (nSPS) is 24.8. The minimum Gasteiger partial charge on any atom is -0.330 e. The summed E-state index contributed by atoms with van der Waals surface area (Å²) in [5, 5.41) is 0.0356. The Hall–Kier alpha value is -0.690. The highest BCUT2D eigenvalue weighted by Gasteiger charge is 2.35. The standard InChI is InChI=1S/C13H18ClFN2O2S/c1-9-2-3-10(7-16)8-17(9)20(18,19)13-6-11(15)4-5-12(13)14/h4-6,9-10H,2-3,7-8,16H2,1H3. The van der Waals surface area contributed by atoms with Gasteiger partial charge in [-0.15, -0.1) is 0 Å². The predicted molar refractivity (Wildman–Crippen MR) is 76.5 cm³/mol. The summed E-state index contributed by atoms with van der Waals surface area (Å²) in [6, 6.07) is 3.24. The topological polar surface area (TPSA) is 63.4 Å². The van der Waals surface area contributed by atoms with Crippen LogP contribution in [0.1, 0.15) is 19.8 Å². The minimum absolute atomic E-state index is 0.0356. The van der Waals surface area contributed by atoms with Crippen LogP contribution in [0.5, 0.6) is 0 Å². The van der Waals surface area contributed by atoms with E-state index in [2.05, 4.69) is 0 Å². The van der Waals surface area contributed by atoms with E-state index in [1.54, 1.807) is 0 Å². The van der Waals surface area contributed by atoms with E-state index in [9.17, 15) is 12.8 Å². The van der Waals surface area contributed by atoms with Crippen LogP contribution in [0.25, 0.3) is 0 Å². The number of nitrogens with zero attached hydrogens (tertiary/aromatic N) is 1. The molecule has 4 nitrogen and oxygen atoms in total. The predicted octanol–water partition coefficient (Wildman–Crippen LogP) is 2.23. The molecule has 1 saturated heterocycles. The SMILES string of the molecule is CC1CCC(CN)CN1S(=O)(=O)c1cc(F)ccc1Cl. The largest absolute Gasteiger partial charge is 0.330 e. The fourth-order valence-corrected chi connectivity index (χ4v) is 4.70. The zero-order valence-electron chi connectivity index (χ0n) is 11.2. The molecule has 0 bridgehead atoms. The van der Waals surface area contributed by atoms with Gasteiger partial charge >= 0.3 is 0 Å². The third-order valence-electron chi connectivity index (χ3n) is 3.74. The van der Waals surface area contributed by atoms with Gasteiger partial charge in [-0.1, -0.05) is 11.6 Å². The van der Waals surface area contributed by atoms with Gasteiger partial charge in [0.05, 0.1) is 5.02 Å². The van der Waals surface area contributed by atoms with Crippen LogP contribution in [0.4, 0.5) is 4.39 Å². The summed E-state index contributed by atoms with van der Waals surface area (Å²) < 4.78 is 40.0. The van der Waals surface area contributed by atoms with Crippen molar-refractivity contribution in [3.05, 3.63) is 29.0 Å². The molecule has 1 fully saturated rings. The van der Waals surface area contributed by atoms with Gasteiger partial charge in [0.1, 0.15) is 10.7 Å². The Morgan fingerprint density at radius 1 is 1.45 bits per heavy atom. The van der Waals surface area contributed by atoms with Crippen LogP contribution in [0.2, 0.25) is 5.02 Å². The molecular weight excluding hydrogens is 303 g/mol. The molecule has 112 valence electrons. The van der Waals surface area contributed by atoms with Gasteiger partial charge in [-0.05, 0) is 50.4 Å². The van der Waals surface area contributed by atoms with Crippen molar-refractivity contribution in [3.8, 4) is 0 Å². The van der Waals surface area contributed by atoms with E-state index < -0.39 is 15.8 Å². The summed E-state index contributed by atoms with van der Waals surface area (Å²) in [6.07, 6.45) is 1.65. The molecule has 2 atom stereocenters. The first-order valence-corrected chi connectivity index (χ1v) is 8.35. The lowest BCUT2D eigenvalue weighted by Crippen LogP contribution is -2.47. The van der Waals surface area contributed by atoms with E-state index in [1.807, 2.05) is 6.92 Å². The smallest absolute Gasteiger partial charge is 0.244 e. The summed E-state index contributed by atoms with van der Waals surface area (Å²) >= 11 is 5.92. The van der Waals surface area contributed by atoms with Crippen molar-refractivity contribution in [2.75, 3.05) is 13.1 Å². The van der Waals surface area contributed by atoms with E-state index in [0.29, 0.717) is 13.1 Å². The van der Waals surface area contributed by atoms with Crippen molar-refractivity contribution < 1.29 is 12.8 Å². The van der Waals surface area contributed by atoms with Crippen LogP contribution in [-0.4, -0.2) is 31.9 Å². The van der Waals surface area contributed by atoms with Gasteiger partial charge in [0.25, 0.3) is 0 Å². The Morgan fingerprint density at radius 2 is 2.15 bits per heavy atom. The van der Waals surface area contributed by atoms with E-state index >= 15 is 0 Å². The number of piperidine rings is 1. The van der Waals surface area contributed by atoms with Crippen LogP contribution in [0.3, 0.4) is 0 Å². The summed E-state index contributed by atoms with van der Waals surface area (Å²) in [5.41, 5.74) is 5.64. The van der Waals surface area contributed by atoms with Gasteiger partial charge in [-0.2, -0.15) is 4.31 Å². The molecule has 1 aromatic carbocycles. The molecular formula is C13H18ClFN2O2S. The Bertz CT molecular complexity index is 594. The van der Waals surface area contributed by atoms with E-state index in [0.717, 1.165) is 25.0 Å². The zero-order valence-corrected chi connectivity index (χ0v) is 12.8. The molecule has 0 spiro atoms. The van der Waals surface area contributed by atoms with Gasteiger partial charge in [0.2, 0.25) is 10.0 Å². The molecule has 2 rings (SSSR count). The summed E-state index contributed by atoms with van der Waals surface area (Å²) in [7, 11) is -3.80. The number of hydrogen-bond acceptors (Lipinski definition) is 3. The second-order valence-corrected chi connectivity index (χ2v) is 7.44.